The Balaban J connectivity index is 2.08. The molecule has 2 rings (SSSR count). The van der Waals surface area contributed by atoms with Crippen LogP contribution in [-0.2, 0) is 5.41 Å². The molecular weight excluding hydrogens is 250 g/mol. The van der Waals surface area contributed by atoms with Crippen LogP contribution < -0.4 is 5.32 Å². The summed E-state index contributed by atoms with van der Waals surface area (Å²) < 4.78 is 0. The van der Waals surface area contributed by atoms with E-state index in [2.05, 4.69) is 44.1 Å². The van der Waals surface area contributed by atoms with Crippen molar-refractivity contribution in [2.75, 3.05) is 38.5 Å². The molecule has 110 valence electrons. The van der Waals surface area contributed by atoms with E-state index in [0.717, 1.165) is 31.9 Å². The molecule has 1 aliphatic heterocycles. The maximum Gasteiger partial charge on any atom is 0.321 e. The first-order valence-corrected chi connectivity index (χ1v) is 7.22. The number of hydrogen-bond donors (Lipinski definition) is 1. The molecule has 20 heavy (non-hydrogen) atoms. The molecule has 0 aliphatic carbocycles. The van der Waals surface area contributed by atoms with Crippen molar-refractivity contribution in [2.24, 2.45) is 0 Å². The molecule has 0 unspecified atom stereocenters. The number of nitrogens with zero attached hydrogens (tertiary/aromatic N) is 2. The highest BCUT2D eigenvalue weighted by molar-refractivity contribution is 5.90. The Labute approximate surface area is 121 Å². The quantitative estimate of drug-likeness (QED) is 0.855. The fourth-order valence-electron chi connectivity index (χ4n) is 2.45. The summed E-state index contributed by atoms with van der Waals surface area (Å²) in [4.78, 5) is 16.5. The van der Waals surface area contributed by atoms with E-state index in [1.165, 1.54) is 5.56 Å². The molecule has 4 nitrogen and oxygen atoms in total. The van der Waals surface area contributed by atoms with E-state index in [9.17, 15) is 4.79 Å². The average Bonchev–Trinajstić information content (AvgIpc) is 2.38. The number of para-hydroxylation sites is 1. The van der Waals surface area contributed by atoms with Gasteiger partial charge in [0.15, 0.2) is 0 Å². The van der Waals surface area contributed by atoms with Crippen LogP contribution in [0.5, 0.6) is 0 Å². The van der Waals surface area contributed by atoms with Crippen LogP contribution in [0.1, 0.15) is 26.3 Å². The Morgan fingerprint density at radius 2 is 1.70 bits per heavy atom. The third-order valence-corrected chi connectivity index (χ3v) is 3.77. The number of likely N-dealkylation sites (N-methyl/N-ethyl adjacent to an activating group) is 1. The molecular formula is C16H25N3O. The molecule has 1 aliphatic rings. The largest absolute Gasteiger partial charge is 0.322 e. The Bertz CT molecular complexity index is 471. The zero-order valence-electron chi connectivity index (χ0n) is 12.9. The monoisotopic (exact) mass is 275 g/mol. The lowest BCUT2D eigenvalue weighted by Gasteiger charge is -2.33. The summed E-state index contributed by atoms with van der Waals surface area (Å²) in [5.74, 6) is 0. The molecule has 4 heteroatoms. The van der Waals surface area contributed by atoms with E-state index < -0.39 is 0 Å². The second-order valence-electron chi connectivity index (χ2n) is 6.52. The fourth-order valence-corrected chi connectivity index (χ4v) is 2.45. The van der Waals surface area contributed by atoms with Gasteiger partial charge in [0.25, 0.3) is 0 Å². The van der Waals surface area contributed by atoms with Crippen molar-refractivity contribution in [3.05, 3.63) is 29.8 Å². The van der Waals surface area contributed by atoms with Crippen molar-refractivity contribution in [1.82, 2.24) is 9.80 Å². The maximum absolute atomic E-state index is 12.3. The maximum atomic E-state index is 12.3. The molecule has 0 atom stereocenters. The summed E-state index contributed by atoms with van der Waals surface area (Å²) in [7, 11) is 2.09. The zero-order valence-corrected chi connectivity index (χ0v) is 12.9. The van der Waals surface area contributed by atoms with Gasteiger partial charge < -0.3 is 15.1 Å². The average molecular weight is 275 g/mol. The number of nitrogens with one attached hydrogen (secondary N) is 1. The molecule has 1 fully saturated rings. The number of amides is 2. The molecule has 1 aromatic rings. The number of carbonyl (C=O) groups excluding carboxylic acids is 1. The molecule has 1 saturated heterocycles. The molecule has 2 amide bonds. The molecule has 1 N–H and O–H groups in total. The molecule has 0 aromatic heterocycles. The highest BCUT2D eigenvalue weighted by atomic mass is 16.2. The van der Waals surface area contributed by atoms with Crippen molar-refractivity contribution in [2.45, 2.75) is 26.2 Å². The second kappa shape index (κ2) is 5.83. The van der Waals surface area contributed by atoms with Crippen molar-refractivity contribution in [3.8, 4) is 0 Å². The van der Waals surface area contributed by atoms with Crippen LogP contribution in [0, 0.1) is 0 Å². The lowest BCUT2D eigenvalue weighted by molar-refractivity contribution is 0.164. The molecule has 1 heterocycles. The highest BCUT2D eigenvalue weighted by Gasteiger charge is 2.22. The van der Waals surface area contributed by atoms with Gasteiger partial charge in [0.1, 0.15) is 0 Å². The van der Waals surface area contributed by atoms with E-state index in [1.54, 1.807) is 0 Å². The summed E-state index contributed by atoms with van der Waals surface area (Å²) in [6.07, 6.45) is 0. The predicted molar refractivity (Wildman–Crippen MR) is 83.2 cm³/mol. The summed E-state index contributed by atoms with van der Waals surface area (Å²) in [5, 5.41) is 3.07. The van der Waals surface area contributed by atoms with Crippen LogP contribution in [0.2, 0.25) is 0 Å². The van der Waals surface area contributed by atoms with Crippen molar-refractivity contribution < 1.29 is 4.79 Å². The first-order valence-electron chi connectivity index (χ1n) is 7.22. The smallest absolute Gasteiger partial charge is 0.321 e. The van der Waals surface area contributed by atoms with Crippen molar-refractivity contribution in [1.29, 1.82) is 0 Å². The van der Waals surface area contributed by atoms with Gasteiger partial charge in [-0.05, 0) is 24.1 Å². The van der Waals surface area contributed by atoms with Gasteiger partial charge in [-0.25, -0.2) is 4.79 Å². The van der Waals surface area contributed by atoms with Gasteiger partial charge >= 0.3 is 6.03 Å². The van der Waals surface area contributed by atoms with Crippen LogP contribution in [-0.4, -0.2) is 49.1 Å². The number of hydrogen-bond acceptors (Lipinski definition) is 2. The van der Waals surface area contributed by atoms with Gasteiger partial charge in [0.05, 0.1) is 0 Å². The van der Waals surface area contributed by atoms with E-state index in [4.69, 9.17) is 0 Å². The number of anilines is 1. The SMILES string of the molecule is CN1CCN(C(=O)Nc2ccccc2C(C)(C)C)CC1. The zero-order chi connectivity index (χ0) is 14.8. The number of piperazine rings is 1. The molecule has 0 saturated carbocycles. The van der Waals surface area contributed by atoms with Crippen LogP contribution in [0.15, 0.2) is 24.3 Å². The Hall–Kier alpha value is -1.55. The van der Waals surface area contributed by atoms with Crippen molar-refractivity contribution in [3.63, 3.8) is 0 Å². The summed E-state index contributed by atoms with van der Waals surface area (Å²) in [6, 6.07) is 8.06. The summed E-state index contributed by atoms with van der Waals surface area (Å²) in [6.45, 7) is 9.94. The van der Waals surface area contributed by atoms with Gasteiger partial charge in [-0.2, -0.15) is 0 Å². The van der Waals surface area contributed by atoms with E-state index >= 15 is 0 Å². The first-order chi connectivity index (χ1) is 9.38. The van der Waals surface area contributed by atoms with Crippen LogP contribution in [0.4, 0.5) is 10.5 Å². The molecule has 0 spiro atoms. The van der Waals surface area contributed by atoms with Gasteiger partial charge in [-0.3, -0.25) is 0 Å². The van der Waals surface area contributed by atoms with E-state index in [-0.39, 0.29) is 11.4 Å². The number of benzene rings is 1. The standard InChI is InChI=1S/C16H25N3O/c1-16(2,3)13-7-5-6-8-14(13)17-15(20)19-11-9-18(4)10-12-19/h5-8H,9-12H2,1-4H3,(H,17,20). The Kier molecular flexibility index (Phi) is 4.33. The van der Waals surface area contributed by atoms with E-state index in [0.29, 0.717) is 0 Å². The lowest BCUT2D eigenvalue weighted by atomic mass is 9.86. The van der Waals surface area contributed by atoms with Gasteiger partial charge in [0.2, 0.25) is 0 Å². The minimum absolute atomic E-state index is 0.00907. The van der Waals surface area contributed by atoms with Gasteiger partial charge in [-0.1, -0.05) is 39.0 Å². The highest BCUT2D eigenvalue weighted by Crippen LogP contribution is 2.29. The number of rotatable bonds is 1. The minimum Gasteiger partial charge on any atom is -0.322 e. The molecule has 1 aromatic carbocycles. The van der Waals surface area contributed by atoms with Crippen LogP contribution in [0.3, 0.4) is 0 Å². The Morgan fingerprint density at radius 3 is 2.30 bits per heavy atom. The number of urea groups is 1. The number of carbonyl (C=O) groups is 1. The normalized spacial score (nSPS) is 17.1. The summed E-state index contributed by atoms with van der Waals surface area (Å²) >= 11 is 0. The predicted octanol–water partition coefficient (Wildman–Crippen LogP) is 2.76. The van der Waals surface area contributed by atoms with Crippen LogP contribution in [0.25, 0.3) is 0 Å². The molecule has 0 bridgehead atoms. The fraction of sp³-hybridized carbons (Fsp3) is 0.562. The third-order valence-electron chi connectivity index (χ3n) is 3.77. The van der Waals surface area contributed by atoms with Gasteiger partial charge in [0, 0.05) is 31.9 Å². The minimum atomic E-state index is 0.00907. The molecule has 0 radical (unpaired) electrons. The topological polar surface area (TPSA) is 35.6 Å². The summed E-state index contributed by atoms with van der Waals surface area (Å²) in [5.41, 5.74) is 2.11. The third kappa shape index (κ3) is 3.51. The van der Waals surface area contributed by atoms with E-state index in [1.807, 2.05) is 23.1 Å². The van der Waals surface area contributed by atoms with Gasteiger partial charge in [-0.15, -0.1) is 0 Å². The Morgan fingerprint density at radius 1 is 1.10 bits per heavy atom. The lowest BCUT2D eigenvalue weighted by Crippen LogP contribution is -2.48. The second-order valence-corrected chi connectivity index (χ2v) is 6.52. The van der Waals surface area contributed by atoms with Crippen LogP contribution >= 0.6 is 0 Å². The first kappa shape index (κ1) is 14.9. The van der Waals surface area contributed by atoms with Crippen molar-refractivity contribution >= 4 is 11.7 Å².